The Hall–Kier alpha value is -1.49. The molecule has 0 spiro atoms. The van der Waals surface area contributed by atoms with Gasteiger partial charge in [0.1, 0.15) is 10.0 Å². The number of pyridine rings is 1. The van der Waals surface area contributed by atoms with Gasteiger partial charge in [0, 0.05) is 22.7 Å². The fraction of sp³-hybridized carbons (Fsp3) is 0.0714. The molecule has 0 bridgehead atoms. The summed E-state index contributed by atoms with van der Waals surface area (Å²) in [5, 5.41) is 11.8. The van der Waals surface area contributed by atoms with Gasteiger partial charge in [0.15, 0.2) is 0 Å². The minimum absolute atomic E-state index is 0.586. The van der Waals surface area contributed by atoms with E-state index in [2.05, 4.69) is 21.8 Å². The van der Waals surface area contributed by atoms with E-state index in [0.717, 1.165) is 32.1 Å². The monoisotopic (exact) mass is 321 g/mol. The second kappa shape index (κ2) is 5.13. The van der Waals surface area contributed by atoms with Crippen molar-refractivity contribution in [2.75, 3.05) is 0 Å². The topological polar surface area (TPSA) is 38.7 Å². The van der Waals surface area contributed by atoms with Crippen LogP contribution in [0.3, 0.4) is 0 Å². The van der Waals surface area contributed by atoms with Crippen LogP contribution in [0.2, 0.25) is 10.0 Å². The maximum absolute atomic E-state index is 6.32. The van der Waals surface area contributed by atoms with Gasteiger partial charge in [-0.2, -0.15) is 0 Å². The molecule has 3 aromatic rings. The Bertz CT molecular complexity index is 826. The second-order valence-electron chi connectivity index (χ2n) is 4.25. The van der Waals surface area contributed by atoms with Crippen LogP contribution in [0.1, 0.15) is 15.6 Å². The molecule has 0 aliphatic heterocycles. The van der Waals surface area contributed by atoms with E-state index in [1.165, 1.54) is 11.3 Å². The SMILES string of the molecule is C=C(c1nnc(C)s1)c1c(Cl)ccc2cc(Cl)cnc12. The Morgan fingerprint density at radius 1 is 1.25 bits per heavy atom. The highest BCUT2D eigenvalue weighted by Gasteiger charge is 2.15. The van der Waals surface area contributed by atoms with Gasteiger partial charge in [-0.15, -0.1) is 10.2 Å². The lowest BCUT2D eigenvalue weighted by Crippen LogP contribution is -1.92. The highest BCUT2D eigenvalue weighted by molar-refractivity contribution is 7.12. The quantitative estimate of drug-likeness (QED) is 0.682. The fourth-order valence-electron chi connectivity index (χ4n) is 1.96. The number of rotatable bonds is 2. The Morgan fingerprint density at radius 2 is 2.05 bits per heavy atom. The zero-order valence-electron chi connectivity index (χ0n) is 10.5. The lowest BCUT2D eigenvalue weighted by molar-refractivity contribution is 1.04. The molecule has 0 unspecified atom stereocenters. The molecule has 2 heterocycles. The van der Waals surface area contributed by atoms with Crippen molar-refractivity contribution < 1.29 is 0 Å². The van der Waals surface area contributed by atoms with Crippen molar-refractivity contribution in [2.45, 2.75) is 6.92 Å². The molecule has 0 amide bonds. The molecule has 0 atom stereocenters. The van der Waals surface area contributed by atoms with Crippen molar-refractivity contribution in [1.82, 2.24) is 15.2 Å². The molecule has 0 saturated heterocycles. The zero-order chi connectivity index (χ0) is 14.3. The first kappa shape index (κ1) is 13.5. The summed E-state index contributed by atoms with van der Waals surface area (Å²) in [5.74, 6) is 0. The van der Waals surface area contributed by atoms with Gasteiger partial charge in [-0.05, 0) is 19.1 Å². The minimum Gasteiger partial charge on any atom is -0.254 e. The molecule has 20 heavy (non-hydrogen) atoms. The molecule has 3 rings (SSSR count). The molecular weight excluding hydrogens is 313 g/mol. The molecule has 6 heteroatoms. The van der Waals surface area contributed by atoms with Gasteiger partial charge >= 0.3 is 0 Å². The number of benzene rings is 1. The third-order valence-corrected chi connectivity index (χ3v) is 4.27. The molecule has 0 N–H and O–H groups in total. The summed E-state index contributed by atoms with van der Waals surface area (Å²) in [6.45, 7) is 5.99. The molecule has 0 radical (unpaired) electrons. The summed E-state index contributed by atoms with van der Waals surface area (Å²) in [5.41, 5.74) is 2.26. The van der Waals surface area contributed by atoms with E-state index in [1.807, 2.05) is 25.1 Å². The summed E-state index contributed by atoms with van der Waals surface area (Å²) < 4.78 is 0. The normalized spacial score (nSPS) is 10.9. The first-order valence-corrected chi connectivity index (χ1v) is 7.37. The summed E-state index contributed by atoms with van der Waals surface area (Å²) in [7, 11) is 0. The van der Waals surface area contributed by atoms with E-state index >= 15 is 0 Å². The number of fused-ring (bicyclic) bond motifs is 1. The second-order valence-corrected chi connectivity index (χ2v) is 6.28. The van der Waals surface area contributed by atoms with Crippen molar-refractivity contribution in [3.63, 3.8) is 0 Å². The smallest absolute Gasteiger partial charge is 0.147 e. The van der Waals surface area contributed by atoms with Gasteiger partial charge in [0.2, 0.25) is 0 Å². The molecular formula is C14H9Cl2N3S. The predicted octanol–water partition coefficient (Wildman–Crippen LogP) is 4.76. The number of aromatic nitrogens is 3. The molecule has 100 valence electrons. The summed E-state index contributed by atoms with van der Waals surface area (Å²) in [4.78, 5) is 4.37. The number of hydrogen-bond donors (Lipinski definition) is 0. The van der Waals surface area contributed by atoms with E-state index in [0.29, 0.717) is 10.0 Å². The van der Waals surface area contributed by atoms with Crippen LogP contribution in [0.5, 0.6) is 0 Å². The van der Waals surface area contributed by atoms with Gasteiger partial charge in [0.25, 0.3) is 0 Å². The zero-order valence-corrected chi connectivity index (χ0v) is 12.9. The van der Waals surface area contributed by atoms with Crippen molar-refractivity contribution in [1.29, 1.82) is 0 Å². The average Bonchev–Trinajstić information content (AvgIpc) is 2.85. The molecule has 2 aromatic heterocycles. The number of aryl methyl sites for hydroxylation is 1. The van der Waals surface area contributed by atoms with Crippen LogP contribution in [-0.2, 0) is 0 Å². The molecule has 1 aromatic carbocycles. The van der Waals surface area contributed by atoms with Crippen molar-refractivity contribution in [2.24, 2.45) is 0 Å². The first-order chi connectivity index (χ1) is 9.56. The van der Waals surface area contributed by atoms with Crippen LogP contribution >= 0.6 is 34.5 Å². The highest BCUT2D eigenvalue weighted by Crippen LogP contribution is 2.35. The third-order valence-electron chi connectivity index (χ3n) is 2.85. The average molecular weight is 322 g/mol. The Labute approximate surface area is 129 Å². The van der Waals surface area contributed by atoms with E-state index < -0.39 is 0 Å². The van der Waals surface area contributed by atoms with Crippen molar-refractivity contribution in [3.8, 4) is 0 Å². The lowest BCUT2D eigenvalue weighted by atomic mass is 10.0. The van der Waals surface area contributed by atoms with Crippen LogP contribution in [0.15, 0.2) is 31.0 Å². The number of halogens is 2. The molecule has 0 fully saturated rings. The van der Waals surface area contributed by atoms with Crippen LogP contribution in [0, 0.1) is 6.92 Å². The number of hydrogen-bond acceptors (Lipinski definition) is 4. The Kier molecular flexibility index (Phi) is 3.46. The maximum Gasteiger partial charge on any atom is 0.147 e. The summed E-state index contributed by atoms with van der Waals surface area (Å²) in [6, 6.07) is 5.55. The Balaban J connectivity index is 2.24. The van der Waals surface area contributed by atoms with E-state index in [1.54, 1.807) is 6.20 Å². The molecule has 0 aliphatic carbocycles. The third kappa shape index (κ3) is 2.30. The fourth-order valence-corrected chi connectivity index (χ4v) is 3.06. The maximum atomic E-state index is 6.32. The van der Waals surface area contributed by atoms with Crippen LogP contribution in [0.25, 0.3) is 16.5 Å². The molecule has 0 saturated carbocycles. The van der Waals surface area contributed by atoms with E-state index in [9.17, 15) is 0 Å². The largest absolute Gasteiger partial charge is 0.254 e. The highest BCUT2D eigenvalue weighted by atomic mass is 35.5. The first-order valence-electron chi connectivity index (χ1n) is 5.80. The molecule has 3 nitrogen and oxygen atoms in total. The van der Waals surface area contributed by atoms with E-state index in [4.69, 9.17) is 23.2 Å². The van der Waals surface area contributed by atoms with Gasteiger partial charge in [-0.1, -0.05) is 47.2 Å². The van der Waals surface area contributed by atoms with Gasteiger partial charge in [-0.3, -0.25) is 4.98 Å². The van der Waals surface area contributed by atoms with Gasteiger partial charge < -0.3 is 0 Å². The number of nitrogens with zero attached hydrogens (tertiary/aromatic N) is 3. The van der Waals surface area contributed by atoms with Crippen molar-refractivity contribution >= 4 is 51.0 Å². The molecule has 0 aliphatic rings. The Morgan fingerprint density at radius 3 is 2.75 bits per heavy atom. The van der Waals surface area contributed by atoms with Crippen LogP contribution in [0.4, 0.5) is 0 Å². The van der Waals surface area contributed by atoms with E-state index in [-0.39, 0.29) is 0 Å². The van der Waals surface area contributed by atoms with Crippen LogP contribution in [-0.4, -0.2) is 15.2 Å². The standard InChI is InChI=1S/C14H9Cl2N3S/c1-7(14-19-18-8(2)20-14)12-11(16)4-3-9-5-10(15)6-17-13(9)12/h3-6H,1H2,2H3. The van der Waals surface area contributed by atoms with Gasteiger partial charge in [0.05, 0.1) is 15.6 Å². The summed E-state index contributed by atoms with van der Waals surface area (Å²) in [6.07, 6.45) is 1.60. The van der Waals surface area contributed by atoms with Crippen LogP contribution < -0.4 is 0 Å². The summed E-state index contributed by atoms with van der Waals surface area (Å²) >= 11 is 13.8. The van der Waals surface area contributed by atoms with Gasteiger partial charge in [-0.25, -0.2) is 0 Å². The minimum atomic E-state index is 0.586. The van der Waals surface area contributed by atoms with Crippen molar-refractivity contribution in [3.05, 3.63) is 56.6 Å². The lowest BCUT2D eigenvalue weighted by Gasteiger charge is -2.09. The predicted molar refractivity (Wildman–Crippen MR) is 84.5 cm³/mol.